The Balaban J connectivity index is 2.24. The fourth-order valence-corrected chi connectivity index (χ4v) is 2.12. The molecule has 7 heteroatoms. The molecule has 7 nitrogen and oxygen atoms in total. The molecule has 21 heavy (non-hydrogen) atoms. The Hall–Kier alpha value is -2.54. The lowest BCUT2D eigenvalue weighted by atomic mass is 10.1. The zero-order valence-corrected chi connectivity index (χ0v) is 11.4. The Bertz CT molecular complexity index is 589. The van der Waals surface area contributed by atoms with Crippen LogP contribution in [-0.4, -0.2) is 45.9 Å². The van der Waals surface area contributed by atoms with Gasteiger partial charge in [-0.25, -0.2) is 9.69 Å². The van der Waals surface area contributed by atoms with Gasteiger partial charge in [0.2, 0.25) is 6.10 Å². The fourth-order valence-electron chi connectivity index (χ4n) is 2.12. The predicted octanol–water partition coefficient (Wildman–Crippen LogP) is 0.687. The maximum absolute atomic E-state index is 12.2. The van der Waals surface area contributed by atoms with Crippen molar-refractivity contribution in [2.45, 2.75) is 26.2 Å². The highest BCUT2D eigenvalue weighted by molar-refractivity contribution is 6.21. The third kappa shape index (κ3) is 2.55. The van der Waals surface area contributed by atoms with E-state index >= 15 is 0 Å². The molecule has 2 unspecified atom stereocenters. The van der Waals surface area contributed by atoms with Crippen LogP contribution in [0.3, 0.4) is 0 Å². The largest absolute Gasteiger partial charge is 0.479 e. The van der Waals surface area contributed by atoms with Crippen molar-refractivity contribution in [1.82, 2.24) is 4.90 Å². The van der Waals surface area contributed by atoms with Crippen LogP contribution in [0, 0.1) is 0 Å². The Morgan fingerprint density at radius 1 is 1.14 bits per heavy atom. The van der Waals surface area contributed by atoms with Gasteiger partial charge in [-0.1, -0.05) is 12.1 Å². The van der Waals surface area contributed by atoms with Crippen LogP contribution in [0.2, 0.25) is 0 Å². The van der Waals surface area contributed by atoms with Crippen LogP contribution in [0.1, 0.15) is 34.6 Å². The molecule has 1 heterocycles. The van der Waals surface area contributed by atoms with E-state index in [1.165, 1.54) is 19.1 Å². The van der Waals surface area contributed by atoms with Crippen LogP contribution in [0.15, 0.2) is 24.3 Å². The van der Waals surface area contributed by atoms with Crippen LogP contribution < -0.4 is 0 Å². The predicted molar refractivity (Wildman–Crippen MR) is 69.6 cm³/mol. The van der Waals surface area contributed by atoms with Crippen LogP contribution in [0.25, 0.3) is 0 Å². The summed E-state index contributed by atoms with van der Waals surface area (Å²) in [4.78, 5) is 47.3. The number of carbonyl (C=O) groups excluding carboxylic acids is 3. The molecule has 1 N–H and O–H groups in total. The first-order valence-corrected chi connectivity index (χ1v) is 6.20. The first-order valence-electron chi connectivity index (χ1n) is 6.20. The number of Topliss-reactive ketones (excluding diaryl/α,β-unsaturated/α-hetero) is 1. The number of imide groups is 1. The van der Waals surface area contributed by atoms with Crippen molar-refractivity contribution >= 4 is 23.6 Å². The number of aliphatic carboxylic acids is 1. The zero-order valence-electron chi connectivity index (χ0n) is 11.4. The van der Waals surface area contributed by atoms with Crippen molar-refractivity contribution in [2.24, 2.45) is 0 Å². The summed E-state index contributed by atoms with van der Waals surface area (Å²) in [5.74, 6) is -3.33. The van der Waals surface area contributed by atoms with Gasteiger partial charge >= 0.3 is 5.97 Å². The van der Waals surface area contributed by atoms with E-state index < -0.39 is 35.9 Å². The Morgan fingerprint density at radius 2 is 1.62 bits per heavy atom. The first kappa shape index (κ1) is 14.9. The number of hydrogen-bond donors (Lipinski definition) is 1. The second-order valence-electron chi connectivity index (χ2n) is 4.59. The third-order valence-electron chi connectivity index (χ3n) is 3.12. The molecular weight excluding hydrogens is 278 g/mol. The summed E-state index contributed by atoms with van der Waals surface area (Å²) >= 11 is 0. The Morgan fingerprint density at radius 3 is 2.00 bits per heavy atom. The van der Waals surface area contributed by atoms with Crippen molar-refractivity contribution in [3.63, 3.8) is 0 Å². The minimum Gasteiger partial charge on any atom is -0.479 e. The molecule has 2 atom stereocenters. The number of nitrogens with zero attached hydrogens (tertiary/aromatic N) is 1. The summed E-state index contributed by atoms with van der Waals surface area (Å²) in [5.41, 5.74) is 0.459. The van der Waals surface area contributed by atoms with Gasteiger partial charge in [-0.15, -0.1) is 0 Å². The highest BCUT2D eigenvalue weighted by Crippen LogP contribution is 2.25. The van der Waals surface area contributed by atoms with E-state index in [1.807, 2.05) is 0 Å². The SMILES string of the molecule is CC(=O)C(OC(C)N1C(=O)c2ccccc2C1=O)C(=O)O. The van der Waals surface area contributed by atoms with E-state index in [0.29, 0.717) is 0 Å². The van der Waals surface area contributed by atoms with Crippen LogP contribution in [-0.2, 0) is 14.3 Å². The van der Waals surface area contributed by atoms with Crippen LogP contribution >= 0.6 is 0 Å². The van der Waals surface area contributed by atoms with E-state index in [-0.39, 0.29) is 11.1 Å². The van der Waals surface area contributed by atoms with E-state index in [1.54, 1.807) is 12.1 Å². The van der Waals surface area contributed by atoms with E-state index in [4.69, 9.17) is 9.84 Å². The normalized spacial score (nSPS) is 16.6. The second-order valence-corrected chi connectivity index (χ2v) is 4.59. The lowest BCUT2D eigenvalue weighted by Gasteiger charge is -2.24. The summed E-state index contributed by atoms with van der Waals surface area (Å²) in [5, 5.41) is 8.91. The molecule has 0 bridgehead atoms. The number of ketones is 1. The summed E-state index contributed by atoms with van der Waals surface area (Å²) in [6, 6.07) is 6.24. The van der Waals surface area contributed by atoms with Gasteiger partial charge in [0.15, 0.2) is 5.78 Å². The number of hydrogen-bond acceptors (Lipinski definition) is 5. The highest BCUT2D eigenvalue weighted by Gasteiger charge is 2.40. The van der Waals surface area contributed by atoms with Crippen molar-refractivity contribution in [2.75, 3.05) is 0 Å². The number of carbonyl (C=O) groups is 4. The van der Waals surface area contributed by atoms with Crippen LogP contribution in [0.4, 0.5) is 0 Å². The molecule has 0 aliphatic carbocycles. The average Bonchev–Trinajstić information content (AvgIpc) is 2.68. The second kappa shape index (κ2) is 5.45. The molecule has 2 rings (SSSR count). The quantitative estimate of drug-likeness (QED) is 0.632. The van der Waals surface area contributed by atoms with Gasteiger partial charge in [-0.2, -0.15) is 0 Å². The molecule has 2 amide bonds. The summed E-state index contributed by atoms with van der Waals surface area (Å²) in [6.45, 7) is 2.41. The smallest absolute Gasteiger partial charge is 0.340 e. The van der Waals surface area contributed by atoms with Gasteiger partial charge in [0.25, 0.3) is 11.8 Å². The standard InChI is InChI=1S/C14H13NO6/c1-7(16)11(14(19)20)21-8(2)15-12(17)9-5-3-4-6-10(9)13(15)18/h3-6,8,11H,1-2H3,(H,19,20). The zero-order chi connectivity index (χ0) is 15.7. The lowest BCUT2D eigenvalue weighted by Crippen LogP contribution is -2.45. The minimum absolute atomic E-state index is 0.229. The molecule has 0 saturated carbocycles. The van der Waals surface area contributed by atoms with Gasteiger partial charge in [-0.05, 0) is 26.0 Å². The molecule has 110 valence electrons. The highest BCUT2D eigenvalue weighted by atomic mass is 16.5. The van der Waals surface area contributed by atoms with Gasteiger partial charge in [-0.3, -0.25) is 14.4 Å². The summed E-state index contributed by atoms with van der Waals surface area (Å²) in [7, 11) is 0. The number of carboxylic acids is 1. The summed E-state index contributed by atoms with van der Waals surface area (Å²) < 4.78 is 5.06. The number of amides is 2. The van der Waals surface area contributed by atoms with E-state index in [2.05, 4.69) is 0 Å². The molecule has 1 aromatic rings. The number of carboxylic acid groups (broad SMARTS) is 1. The van der Waals surface area contributed by atoms with Gasteiger partial charge in [0.1, 0.15) is 6.23 Å². The van der Waals surface area contributed by atoms with Crippen molar-refractivity contribution in [3.8, 4) is 0 Å². The minimum atomic E-state index is -1.72. The molecule has 1 aromatic carbocycles. The van der Waals surface area contributed by atoms with E-state index in [0.717, 1.165) is 11.8 Å². The number of rotatable bonds is 5. The fraction of sp³-hybridized carbons (Fsp3) is 0.286. The topological polar surface area (TPSA) is 101 Å². The summed E-state index contributed by atoms with van der Waals surface area (Å²) in [6.07, 6.45) is -2.88. The van der Waals surface area contributed by atoms with Crippen molar-refractivity contribution < 1.29 is 29.0 Å². The Kier molecular flexibility index (Phi) is 3.86. The number of benzene rings is 1. The average molecular weight is 291 g/mol. The third-order valence-corrected chi connectivity index (χ3v) is 3.12. The molecule has 1 aliphatic rings. The van der Waals surface area contributed by atoms with Crippen molar-refractivity contribution in [3.05, 3.63) is 35.4 Å². The van der Waals surface area contributed by atoms with E-state index in [9.17, 15) is 19.2 Å². The van der Waals surface area contributed by atoms with Gasteiger partial charge < -0.3 is 9.84 Å². The molecule has 0 spiro atoms. The van der Waals surface area contributed by atoms with Crippen LogP contribution in [0.5, 0.6) is 0 Å². The molecule has 1 aliphatic heterocycles. The molecule has 0 fully saturated rings. The Labute approximate surface area is 120 Å². The van der Waals surface area contributed by atoms with Gasteiger partial charge in [0.05, 0.1) is 11.1 Å². The number of ether oxygens (including phenoxy) is 1. The van der Waals surface area contributed by atoms with Crippen molar-refractivity contribution in [1.29, 1.82) is 0 Å². The van der Waals surface area contributed by atoms with Gasteiger partial charge in [0, 0.05) is 0 Å². The molecule has 0 aromatic heterocycles. The number of fused-ring (bicyclic) bond motifs is 1. The molecule has 0 radical (unpaired) electrons. The first-order chi connectivity index (χ1) is 9.84. The monoisotopic (exact) mass is 291 g/mol. The molecular formula is C14H13NO6. The maximum Gasteiger partial charge on any atom is 0.340 e. The maximum atomic E-state index is 12.2. The molecule has 0 saturated heterocycles. The lowest BCUT2D eigenvalue weighted by molar-refractivity contribution is -0.163.